The number of imidazole rings is 1. The molecule has 1 heterocycles. The van der Waals surface area contributed by atoms with Gasteiger partial charge in [-0.2, -0.15) is 0 Å². The molecule has 0 aliphatic heterocycles. The summed E-state index contributed by atoms with van der Waals surface area (Å²) in [5.41, 5.74) is 3.27. The Balaban J connectivity index is 1.77. The maximum atomic E-state index is 6.57. The summed E-state index contributed by atoms with van der Waals surface area (Å²) in [7, 11) is 0.774. The van der Waals surface area contributed by atoms with Gasteiger partial charge in [0.25, 0.3) is 0 Å². The maximum Gasteiger partial charge on any atom is 0.217 e. The lowest BCUT2D eigenvalue weighted by atomic mass is 9.58. The van der Waals surface area contributed by atoms with E-state index < -0.39 is 0 Å². The molecule has 2 aromatic carbocycles. The van der Waals surface area contributed by atoms with Crippen molar-refractivity contribution in [2.24, 2.45) is 0 Å². The molecule has 0 saturated heterocycles. The summed E-state index contributed by atoms with van der Waals surface area (Å²) < 4.78 is 2.29. The van der Waals surface area contributed by atoms with E-state index in [0.717, 1.165) is 40.7 Å². The summed E-state index contributed by atoms with van der Waals surface area (Å²) in [5.74, 6) is 0.0723. The number of unbranched alkanes of at least 4 members (excludes halogenated alkanes) is 5. The summed E-state index contributed by atoms with van der Waals surface area (Å²) in [6.45, 7) is 3.27. The molecule has 0 aliphatic rings. The molecule has 0 saturated carbocycles. The first-order valence-electron chi connectivity index (χ1n) is 10.7. The van der Waals surface area contributed by atoms with Gasteiger partial charge in [-0.15, -0.1) is 0 Å². The van der Waals surface area contributed by atoms with E-state index in [1.807, 2.05) is 42.6 Å². The minimum Gasteiger partial charge on any atom is -0.343 e. The number of aromatic nitrogens is 2. The first-order chi connectivity index (χ1) is 14.2. The van der Waals surface area contributed by atoms with E-state index in [9.17, 15) is 0 Å². The molecule has 2 nitrogen and oxygen atoms in total. The molecule has 5 heteroatoms. The zero-order valence-electron chi connectivity index (χ0n) is 17.2. The van der Waals surface area contributed by atoms with Gasteiger partial charge in [0.1, 0.15) is 0 Å². The van der Waals surface area contributed by atoms with Gasteiger partial charge in [0.15, 0.2) is 0 Å². The average Bonchev–Trinajstić information content (AvgIpc) is 3.17. The molecular formula is C24H29BCl2N2. The van der Waals surface area contributed by atoms with Crippen molar-refractivity contribution >= 4 is 36.2 Å². The summed E-state index contributed by atoms with van der Waals surface area (Å²) in [5, 5.41) is 1.54. The molecule has 0 N–H and O–H groups in total. The monoisotopic (exact) mass is 426 g/mol. The van der Waals surface area contributed by atoms with Crippen LogP contribution in [0.2, 0.25) is 10.0 Å². The summed E-state index contributed by atoms with van der Waals surface area (Å²) >= 11 is 13.1. The topological polar surface area (TPSA) is 17.8 Å². The zero-order chi connectivity index (χ0) is 20.5. The quantitative estimate of drug-likeness (QED) is 0.256. The van der Waals surface area contributed by atoms with Gasteiger partial charge in [-0.1, -0.05) is 98.6 Å². The van der Waals surface area contributed by atoms with Crippen molar-refractivity contribution in [2.75, 3.05) is 0 Å². The highest BCUT2D eigenvalue weighted by Gasteiger charge is 2.23. The number of hydrogen-bond donors (Lipinski definition) is 0. The highest BCUT2D eigenvalue weighted by molar-refractivity contribution is 6.54. The number of aryl methyl sites for hydroxylation is 1. The second kappa shape index (κ2) is 11.5. The van der Waals surface area contributed by atoms with E-state index in [0.29, 0.717) is 0 Å². The molecule has 1 aromatic heterocycles. The molecule has 29 heavy (non-hydrogen) atoms. The van der Waals surface area contributed by atoms with Gasteiger partial charge in [-0.05, 0) is 35.5 Å². The lowest BCUT2D eigenvalue weighted by molar-refractivity contribution is 0.563. The fourth-order valence-corrected chi connectivity index (χ4v) is 4.42. The van der Waals surface area contributed by atoms with Crippen LogP contribution in [-0.2, 0) is 6.54 Å². The Kier molecular flexibility index (Phi) is 8.70. The van der Waals surface area contributed by atoms with Crippen LogP contribution in [0.3, 0.4) is 0 Å². The third-order valence-corrected chi connectivity index (χ3v) is 6.19. The average molecular weight is 427 g/mol. The van der Waals surface area contributed by atoms with Crippen LogP contribution in [0.5, 0.6) is 0 Å². The maximum absolute atomic E-state index is 6.57. The van der Waals surface area contributed by atoms with E-state index in [1.54, 1.807) is 0 Å². The first-order valence-corrected chi connectivity index (χ1v) is 11.4. The summed E-state index contributed by atoms with van der Waals surface area (Å²) in [6, 6.07) is 16.1. The van der Waals surface area contributed by atoms with Crippen LogP contribution in [0.25, 0.3) is 0 Å². The number of nitrogens with zero attached hydrogens (tertiary/aromatic N) is 2. The van der Waals surface area contributed by atoms with E-state index in [1.165, 1.54) is 38.5 Å². The highest BCUT2D eigenvalue weighted by atomic mass is 35.5. The molecular weight excluding hydrogens is 398 g/mol. The minimum absolute atomic E-state index is 0.0723. The number of halogens is 2. The molecule has 3 aromatic rings. The fourth-order valence-electron chi connectivity index (χ4n) is 3.88. The zero-order valence-corrected chi connectivity index (χ0v) is 18.7. The number of rotatable bonds is 11. The molecule has 0 bridgehead atoms. The van der Waals surface area contributed by atoms with E-state index in [2.05, 4.69) is 34.8 Å². The van der Waals surface area contributed by atoms with Crippen molar-refractivity contribution < 1.29 is 0 Å². The lowest BCUT2D eigenvalue weighted by Crippen LogP contribution is -2.32. The third-order valence-electron chi connectivity index (χ3n) is 5.50. The predicted octanol–water partition coefficient (Wildman–Crippen LogP) is 6.40. The Morgan fingerprint density at radius 1 is 0.862 bits per heavy atom. The predicted molar refractivity (Wildman–Crippen MR) is 127 cm³/mol. The smallest absolute Gasteiger partial charge is 0.217 e. The molecule has 0 radical (unpaired) electrons. The van der Waals surface area contributed by atoms with E-state index in [4.69, 9.17) is 23.2 Å². The standard InChI is InChI=1S/C24H29BCl2N2/c1-2-3-4-5-6-11-17-29-18-16-28-24(29)25-23(19-12-7-9-14-21(19)26)20-13-8-10-15-22(20)27/h7-10,12-16,18,23,25H,2-6,11,17H2,1H3. The van der Waals surface area contributed by atoms with Crippen LogP contribution in [0.1, 0.15) is 62.4 Å². The van der Waals surface area contributed by atoms with E-state index in [-0.39, 0.29) is 5.82 Å². The Hall–Kier alpha value is -1.71. The molecule has 3 rings (SSSR count). The molecule has 0 spiro atoms. The Morgan fingerprint density at radius 2 is 1.45 bits per heavy atom. The highest BCUT2D eigenvalue weighted by Crippen LogP contribution is 2.33. The van der Waals surface area contributed by atoms with Crippen LogP contribution in [0.4, 0.5) is 0 Å². The van der Waals surface area contributed by atoms with Crippen LogP contribution in [0.15, 0.2) is 60.9 Å². The lowest BCUT2D eigenvalue weighted by Gasteiger charge is -2.20. The van der Waals surface area contributed by atoms with Crippen molar-refractivity contribution in [1.29, 1.82) is 0 Å². The van der Waals surface area contributed by atoms with Crippen LogP contribution in [0, 0.1) is 0 Å². The number of hydrogen-bond acceptors (Lipinski definition) is 1. The first kappa shape index (κ1) is 22.0. The normalized spacial score (nSPS) is 11.2. The van der Waals surface area contributed by atoms with Crippen molar-refractivity contribution in [3.05, 3.63) is 82.1 Å². The second-order valence-corrected chi connectivity index (χ2v) is 8.42. The van der Waals surface area contributed by atoms with Gasteiger partial charge in [-0.3, -0.25) is 4.98 Å². The van der Waals surface area contributed by atoms with Gasteiger partial charge in [0.2, 0.25) is 7.28 Å². The Morgan fingerprint density at radius 3 is 2.07 bits per heavy atom. The van der Waals surface area contributed by atoms with Crippen molar-refractivity contribution in [1.82, 2.24) is 9.55 Å². The van der Waals surface area contributed by atoms with Crippen molar-refractivity contribution in [2.45, 2.75) is 57.8 Å². The van der Waals surface area contributed by atoms with Gasteiger partial charge in [0.05, 0.1) is 5.72 Å². The molecule has 152 valence electrons. The van der Waals surface area contributed by atoms with Crippen LogP contribution in [-0.4, -0.2) is 16.8 Å². The second-order valence-electron chi connectivity index (χ2n) is 7.60. The summed E-state index contributed by atoms with van der Waals surface area (Å²) in [6.07, 6.45) is 11.8. The fraction of sp³-hybridized carbons (Fsp3) is 0.375. The molecule has 0 amide bonds. The SMILES string of the molecule is CCCCCCCCn1ccnc1BC(c1ccccc1Cl)c1ccccc1Cl. The molecule has 0 unspecified atom stereocenters. The van der Waals surface area contributed by atoms with E-state index >= 15 is 0 Å². The van der Waals surface area contributed by atoms with Gasteiger partial charge in [0, 0.05) is 29.0 Å². The van der Waals surface area contributed by atoms with Gasteiger partial charge in [-0.25, -0.2) is 0 Å². The third kappa shape index (κ3) is 6.14. The van der Waals surface area contributed by atoms with Crippen molar-refractivity contribution in [3.63, 3.8) is 0 Å². The van der Waals surface area contributed by atoms with Gasteiger partial charge < -0.3 is 4.57 Å². The minimum atomic E-state index is 0.0723. The van der Waals surface area contributed by atoms with Crippen LogP contribution >= 0.6 is 23.2 Å². The number of benzene rings is 2. The molecule has 0 fully saturated rings. The Labute approximate surface area is 185 Å². The van der Waals surface area contributed by atoms with Crippen LogP contribution < -0.4 is 5.72 Å². The largest absolute Gasteiger partial charge is 0.343 e. The summed E-state index contributed by atoms with van der Waals surface area (Å²) in [4.78, 5) is 4.67. The molecule has 0 aliphatic carbocycles. The molecule has 0 atom stereocenters. The van der Waals surface area contributed by atoms with Crippen molar-refractivity contribution in [3.8, 4) is 0 Å². The van der Waals surface area contributed by atoms with Gasteiger partial charge >= 0.3 is 0 Å². The Bertz CT molecular complexity index is 848.